The SMILES string of the molecule is CCCc1ncc2c(n1)CCN(Cc1cc(F)cnc1Cl)C2. The highest BCUT2D eigenvalue weighted by atomic mass is 35.5. The Labute approximate surface area is 134 Å². The molecule has 0 aliphatic carbocycles. The molecule has 3 rings (SSSR count). The minimum Gasteiger partial charge on any atom is -0.294 e. The van der Waals surface area contributed by atoms with Crippen molar-refractivity contribution in [1.29, 1.82) is 0 Å². The molecule has 1 aliphatic rings. The highest BCUT2D eigenvalue weighted by molar-refractivity contribution is 6.30. The minimum atomic E-state index is -0.357. The Morgan fingerprint density at radius 1 is 1.32 bits per heavy atom. The maximum Gasteiger partial charge on any atom is 0.141 e. The van der Waals surface area contributed by atoms with Gasteiger partial charge in [-0.25, -0.2) is 19.3 Å². The van der Waals surface area contributed by atoms with Crippen molar-refractivity contribution < 1.29 is 4.39 Å². The van der Waals surface area contributed by atoms with E-state index in [4.69, 9.17) is 11.6 Å². The van der Waals surface area contributed by atoms with Gasteiger partial charge in [-0.3, -0.25) is 4.90 Å². The van der Waals surface area contributed by atoms with Crippen LogP contribution in [0.15, 0.2) is 18.5 Å². The average Bonchev–Trinajstić information content (AvgIpc) is 2.51. The van der Waals surface area contributed by atoms with Crippen molar-refractivity contribution in [3.8, 4) is 0 Å². The van der Waals surface area contributed by atoms with Crippen LogP contribution in [0.3, 0.4) is 0 Å². The molecule has 6 heteroatoms. The molecule has 0 saturated heterocycles. The first-order valence-corrected chi connectivity index (χ1v) is 7.89. The van der Waals surface area contributed by atoms with Crippen LogP contribution in [0, 0.1) is 5.82 Å². The fraction of sp³-hybridized carbons (Fsp3) is 0.438. The third kappa shape index (κ3) is 3.42. The summed E-state index contributed by atoms with van der Waals surface area (Å²) in [6, 6.07) is 1.45. The Morgan fingerprint density at radius 2 is 2.18 bits per heavy atom. The molecule has 2 aromatic rings. The van der Waals surface area contributed by atoms with Gasteiger partial charge in [0.05, 0.1) is 6.20 Å². The van der Waals surface area contributed by atoms with E-state index in [0.29, 0.717) is 17.3 Å². The molecule has 4 nitrogen and oxygen atoms in total. The smallest absolute Gasteiger partial charge is 0.141 e. The van der Waals surface area contributed by atoms with Crippen molar-refractivity contribution in [1.82, 2.24) is 19.9 Å². The zero-order valence-electron chi connectivity index (χ0n) is 12.5. The summed E-state index contributed by atoms with van der Waals surface area (Å²) in [6.07, 6.45) is 5.91. The molecule has 0 unspecified atom stereocenters. The zero-order valence-corrected chi connectivity index (χ0v) is 13.3. The third-order valence-electron chi connectivity index (χ3n) is 3.81. The number of fused-ring (bicyclic) bond motifs is 1. The third-order valence-corrected chi connectivity index (χ3v) is 4.15. The molecular formula is C16H18ClFN4. The van der Waals surface area contributed by atoms with E-state index in [9.17, 15) is 4.39 Å². The summed E-state index contributed by atoms with van der Waals surface area (Å²) in [5.74, 6) is 0.566. The van der Waals surface area contributed by atoms with Crippen LogP contribution in [-0.4, -0.2) is 26.4 Å². The van der Waals surface area contributed by atoms with Crippen molar-refractivity contribution in [3.05, 3.63) is 52.1 Å². The van der Waals surface area contributed by atoms with Gasteiger partial charge in [-0.05, 0) is 12.5 Å². The topological polar surface area (TPSA) is 41.9 Å². The molecule has 2 aromatic heterocycles. The van der Waals surface area contributed by atoms with Crippen molar-refractivity contribution >= 4 is 11.6 Å². The summed E-state index contributed by atoms with van der Waals surface area (Å²) in [4.78, 5) is 15.1. The number of hydrogen-bond donors (Lipinski definition) is 0. The van der Waals surface area contributed by atoms with Crippen molar-refractivity contribution in [2.45, 2.75) is 39.3 Å². The summed E-state index contributed by atoms with van der Waals surface area (Å²) >= 11 is 6.04. The Morgan fingerprint density at radius 3 is 3.00 bits per heavy atom. The minimum absolute atomic E-state index is 0.357. The van der Waals surface area contributed by atoms with E-state index in [0.717, 1.165) is 55.6 Å². The van der Waals surface area contributed by atoms with Gasteiger partial charge in [-0.2, -0.15) is 0 Å². The summed E-state index contributed by atoms with van der Waals surface area (Å²) in [7, 11) is 0. The zero-order chi connectivity index (χ0) is 15.5. The maximum atomic E-state index is 13.3. The first-order chi connectivity index (χ1) is 10.7. The molecule has 3 heterocycles. The van der Waals surface area contributed by atoms with Crippen LogP contribution in [0.1, 0.15) is 36.0 Å². The van der Waals surface area contributed by atoms with Crippen LogP contribution in [0.5, 0.6) is 0 Å². The molecule has 0 fully saturated rings. The van der Waals surface area contributed by atoms with Gasteiger partial charge in [0.15, 0.2) is 0 Å². The second kappa shape index (κ2) is 6.67. The van der Waals surface area contributed by atoms with Crippen molar-refractivity contribution in [3.63, 3.8) is 0 Å². The van der Waals surface area contributed by atoms with Crippen LogP contribution in [-0.2, 0) is 25.9 Å². The van der Waals surface area contributed by atoms with Crippen LogP contribution in [0.25, 0.3) is 0 Å². The van der Waals surface area contributed by atoms with Crippen LogP contribution in [0.2, 0.25) is 5.15 Å². The molecule has 0 atom stereocenters. The molecule has 0 N–H and O–H groups in total. The lowest BCUT2D eigenvalue weighted by atomic mass is 10.1. The summed E-state index contributed by atoms with van der Waals surface area (Å²) < 4.78 is 13.3. The monoisotopic (exact) mass is 320 g/mol. The fourth-order valence-electron chi connectivity index (χ4n) is 2.71. The van der Waals surface area contributed by atoms with Crippen molar-refractivity contribution in [2.75, 3.05) is 6.54 Å². The van der Waals surface area contributed by atoms with Gasteiger partial charge < -0.3 is 0 Å². The van der Waals surface area contributed by atoms with Crippen LogP contribution < -0.4 is 0 Å². The average molecular weight is 321 g/mol. The molecule has 0 bridgehead atoms. The van der Waals surface area contributed by atoms with Gasteiger partial charge in [-0.1, -0.05) is 18.5 Å². The Balaban J connectivity index is 1.73. The number of aromatic nitrogens is 3. The molecule has 116 valence electrons. The molecule has 0 amide bonds. The van der Waals surface area contributed by atoms with E-state index in [1.807, 2.05) is 6.20 Å². The Kier molecular flexibility index (Phi) is 4.64. The van der Waals surface area contributed by atoms with E-state index in [1.54, 1.807) is 0 Å². The summed E-state index contributed by atoms with van der Waals surface area (Å²) in [5, 5.41) is 0.363. The van der Waals surface area contributed by atoms with E-state index >= 15 is 0 Å². The first kappa shape index (κ1) is 15.3. The van der Waals surface area contributed by atoms with Crippen LogP contribution in [0.4, 0.5) is 4.39 Å². The van der Waals surface area contributed by atoms with E-state index in [2.05, 4.69) is 26.8 Å². The Bertz CT molecular complexity index is 677. The van der Waals surface area contributed by atoms with E-state index in [1.165, 1.54) is 6.07 Å². The number of rotatable bonds is 4. The summed E-state index contributed by atoms with van der Waals surface area (Å²) in [6.45, 7) is 4.35. The molecule has 0 saturated carbocycles. The molecule has 1 aliphatic heterocycles. The van der Waals surface area contributed by atoms with Gasteiger partial charge in [0.25, 0.3) is 0 Å². The van der Waals surface area contributed by atoms with Gasteiger partial charge >= 0.3 is 0 Å². The number of halogens is 2. The lowest BCUT2D eigenvalue weighted by molar-refractivity contribution is 0.242. The number of aryl methyl sites for hydroxylation is 1. The van der Waals surface area contributed by atoms with Gasteiger partial charge in [0, 0.05) is 55.5 Å². The van der Waals surface area contributed by atoms with Crippen LogP contribution >= 0.6 is 11.6 Å². The molecular weight excluding hydrogens is 303 g/mol. The highest BCUT2D eigenvalue weighted by Crippen LogP contribution is 2.21. The number of pyridine rings is 1. The standard InChI is InChI=1S/C16H18ClFN4/c1-2-3-15-19-7-12-10-22(5-4-14(12)21-15)9-11-6-13(18)8-20-16(11)17/h6-8H,2-5,9-10H2,1H3. The number of nitrogens with zero attached hydrogens (tertiary/aromatic N) is 4. The lowest BCUT2D eigenvalue weighted by Crippen LogP contribution is -2.31. The Hall–Kier alpha value is -1.59. The lowest BCUT2D eigenvalue weighted by Gasteiger charge is -2.28. The van der Waals surface area contributed by atoms with Gasteiger partial charge in [0.2, 0.25) is 0 Å². The molecule has 0 aromatic carbocycles. The molecule has 0 radical (unpaired) electrons. The van der Waals surface area contributed by atoms with E-state index < -0.39 is 0 Å². The molecule has 22 heavy (non-hydrogen) atoms. The summed E-state index contributed by atoms with van der Waals surface area (Å²) in [5.41, 5.74) is 3.00. The predicted molar refractivity (Wildman–Crippen MR) is 83.1 cm³/mol. The quantitative estimate of drug-likeness (QED) is 0.811. The second-order valence-electron chi connectivity index (χ2n) is 5.57. The second-order valence-corrected chi connectivity index (χ2v) is 5.93. The van der Waals surface area contributed by atoms with E-state index in [-0.39, 0.29) is 5.82 Å². The van der Waals surface area contributed by atoms with Gasteiger partial charge in [0.1, 0.15) is 16.8 Å². The normalized spacial score (nSPS) is 14.9. The number of hydrogen-bond acceptors (Lipinski definition) is 4. The van der Waals surface area contributed by atoms with Crippen molar-refractivity contribution in [2.24, 2.45) is 0 Å². The maximum absolute atomic E-state index is 13.3. The molecule has 0 spiro atoms. The predicted octanol–water partition coefficient (Wildman–Crippen LogP) is 3.17. The highest BCUT2D eigenvalue weighted by Gasteiger charge is 2.19. The first-order valence-electron chi connectivity index (χ1n) is 7.51. The fourth-order valence-corrected chi connectivity index (χ4v) is 2.87. The largest absolute Gasteiger partial charge is 0.294 e. The van der Waals surface area contributed by atoms with Gasteiger partial charge in [-0.15, -0.1) is 0 Å².